The Balaban J connectivity index is 2.51. The Bertz CT molecular complexity index is 611. The number of nitrogens with zero attached hydrogens (tertiary/aromatic N) is 2. The lowest BCUT2D eigenvalue weighted by Crippen LogP contribution is -2.07. The highest BCUT2D eigenvalue weighted by Gasteiger charge is 2.14. The molecule has 4 nitrogen and oxygen atoms in total. The van der Waals surface area contributed by atoms with Crippen LogP contribution in [0.25, 0.3) is 11.3 Å². The van der Waals surface area contributed by atoms with Crippen molar-refractivity contribution < 1.29 is 4.74 Å². The van der Waals surface area contributed by atoms with Gasteiger partial charge < -0.3 is 10.1 Å². The molecule has 1 N–H and O–H groups in total. The van der Waals surface area contributed by atoms with E-state index in [2.05, 4.69) is 35.2 Å². The Labute approximate surface area is 126 Å². The molecule has 0 bridgehead atoms. The van der Waals surface area contributed by atoms with E-state index in [4.69, 9.17) is 4.74 Å². The molecule has 2 rings (SSSR count). The molecule has 0 saturated carbocycles. The van der Waals surface area contributed by atoms with Crippen molar-refractivity contribution in [2.45, 2.75) is 34.1 Å². The summed E-state index contributed by atoms with van der Waals surface area (Å²) in [6.07, 6.45) is 0.985. The number of nitrogens with one attached hydrogen (secondary N) is 1. The predicted molar refractivity (Wildman–Crippen MR) is 86.9 cm³/mol. The fourth-order valence-corrected chi connectivity index (χ4v) is 2.23. The lowest BCUT2D eigenvalue weighted by Gasteiger charge is -2.15. The van der Waals surface area contributed by atoms with Crippen molar-refractivity contribution in [2.75, 3.05) is 18.5 Å². The molecule has 0 aliphatic heterocycles. The smallest absolute Gasteiger partial charge is 0.133 e. The molecule has 1 heterocycles. The molecule has 0 radical (unpaired) electrons. The number of rotatable bonds is 6. The van der Waals surface area contributed by atoms with Crippen LogP contribution in [0.5, 0.6) is 5.75 Å². The van der Waals surface area contributed by atoms with Gasteiger partial charge in [-0.05, 0) is 39.3 Å². The van der Waals surface area contributed by atoms with Crippen molar-refractivity contribution in [2.24, 2.45) is 0 Å². The monoisotopic (exact) mass is 285 g/mol. The Morgan fingerprint density at radius 1 is 1.10 bits per heavy atom. The predicted octanol–water partition coefficient (Wildman–Crippen LogP) is 3.98. The van der Waals surface area contributed by atoms with Crippen molar-refractivity contribution in [3.05, 3.63) is 35.7 Å². The highest BCUT2D eigenvalue weighted by atomic mass is 16.5. The summed E-state index contributed by atoms with van der Waals surface area (Å²) in [6.45, 7) is 9.68. The quantitative estimate of drug-likeness (QED) is 0.872. The third-order valence-corrected chi connectivity index (χ3v) is 3.21. The summed E-state index contributed by atoms with van der Waals surface area (Å²) in [5.41, 5.74) is 3.01. The molecular formula is C17H23N3O. The van der Waals surface area contributed by atoms with Crippen molar-refractivity contribution in [1.82, 2.24) is 9.97 Å². The Morgan fingerprint density at radius 2 is 1.86 bits per heavy atom. The van der Waals surface area contributed by atoms with Gasteiger partial charge in [0.2, 0.25) is 0 Å². The van der Waals surface area contributed by atoms with Crippen LogP contribution in [0.3, 0.4) is 0 Å². The number of ether oxygens (including phenoxy) is 1. The van der Waals surface area contributed by atoms with Crippen LogP contribution in [-0.4, -0.2) is 23.1 Å². The summed E-state index contributed by atoms with van der Waals surface area (Å²) in [5, 5.41) is 3.30. The molecular weight excluding hydrogens is 262 g/mol. The molecule has 0 aliphatic carbocycles. The zero-order valence-corrected chi connectivity index (χ0v) is 13.2. The van der Waals surface area contributed by atoms with Crippen LogP contribution < -0.4 is 10.1 Å². The lowest BCUT2D eigenvalue weighted by atomic mass is 10.1. The van der Waals surface area contributed by atoms with Crippen molar-refractivity contribution >= 4 is 5.82 Å². The van der Waals surface area contributed by atoms with Crippen LogP contribution in [0.4, 0.5) is 5.82 Å². The third-order valence-electron chi connectivity index (χ3n) is 3.21. The van der Waals surface area contributed by atoms with E-state index in [1.165, 1.54) is 0 Å². The van der Waals surface area contributed by atoms with E-state index >= 15 is 0 Å². The van der Waals surface area contributed by atoms with Crippen molar-refractivity contribution in [3.8, 4) is 17.0 Å². The van der Waals surface area contributed by atoms with E-state index in [0.717, 1.165) is 47.2 Å². The minimum atomic E-state index is 0.709. The van der Waals surface area contributed by atoms with Crippen LogP contribution in [0.1, 0.15) is 31.7 Å². The van der Waals surface area contributed by atoms with Gasteiger partial charge in [0.15, 0.2) is 0 Å². The number of para-hydroxylation sites is 1. The molecule has 1 aromatic heterocycles. The lowest BCUT2D eigenvalue weighted by molar-refractivity contribution is 0.318. The van der Waals surface area contributed by atoms with Gasteiger partial charge >= 0.3 is 0 Å². The fraction of sp³-hybridized carbons (Fsp3) is 0.412. The molecule has 0 fully saturated rings. The maximum atomic E-state index is 5.85. The molecule has 2 aromatic rings. The minimum absolute atomic E-state index is 0.709. The molecule has 0 spiro atoms. The summed E-state index contributed by atoms with van der Waals surface area (Å²) >= 11 is 0. The Morgan fingerprint density at radius 3 is 2.57 bits per heavy atom. The van der Waals surface area contributed by atoms with Crippen LogP contribution in [0, 0.1) is 13.8 Å². The number of aryl methyl sites for hydroxylation is 1. The first-order valence-electron chi connectivity index (χ1n) is 7.48. The van der Waals surface area contributed by atoms with Gasteiger partial charge in [0.1, 0.15) is 17.4 Å². The number of anilines is 1. The normalized spacial score (nSPS) is 10.5. The first-order chi connectivity index (χ1) is 10.2. The minimum Gasteiger partial charge on any atom is -0.493 e. The van der Waals surface area contributed by atoms with Gasteiger partial charge in [-0.1, -0.05) is 19.1 Å². The number of benzene rings is 1. The molecule has 0 aliphatic rings. The Kier molecular flexibility index (Phi) is 5.14. The number of hydrogen-bond donors (Lipinski definition) is 1. The zero-order chi connectivity index (χ0) is 15.2. The first kappa shape index (κ1) is 15.3. The van der Waals surface area contributed by atoms with Gasteiger partial charge in [0, 0.05) is 17.7 Å². The van der Waals surface area contributed by atoms with E-state index in [1.807, 2.05) is 32.0 Å². The third kappa shape index (κ3) is 3.51. The number of aromatic nitrogens is 2. The van der Waals surface area contributed by atoms with E-state index in [1.54, 1.807) is 0 Å². The molecule has 0 atom stereocenters. The summed E-state index contributed by atoms with van der Waals surface area (Å²) in [6, 6.07) is 8.05. The highest BCUT2D eigenvalue weighted by Crippen LogP contribution is 2.33. The second-order valence-electron chi connectivity index (χ2n) is 4.97. The van der Waals surface area contributed by atoms with E-state index in [0.29, 0.717) is 6.61 Å². The second-order valence-corrected chi connectivity index (χ2v) is 4.97. The summed E-state index contributed by atoms with van der Waals surface area (Å²) in [4.78, 5) is 9.10. The molecule has 21 heavy (non-hydrogen) atoms. The fourth-order valence-electron chi connectivity index (χ4n) is 2.23. The van der Waals surface area contributed by atoms with Gasteiger partial charge in [-0.25, -0.2) is 9.97 Å². The molecule has 0 unspecified atom stereocenters. The molecule has 112 valence electrons. The summed E-state index contributed by atoms with van der Waals surface area (Å²) < 4.78 is 5.85. The maximum absolute atomic E-state index is 5.85. The van der Waals surface area contributed by atoms with Crippen LogP contribution >= 0.6 is 0 Å². The second kappa shape index (κ2) is 7.07. The largest absolute Gasteiger partial charge is 0.493 e. The van der Waals surface area contributed by atoms with E-state index in [-0.39, 0.29) is 0 Å². The van der Waals surface area contributed by atoms with Crippen molar-refractivity contribution in [1.29, 1.82) is 0 Å². The Hall–Kier alpha value is -2.10. The van der Waals surface area contributed by atoms with Crippen molar-refractivity contribution in [3.63, 3.8) is 0 Å². The van der Waals surface area contributed by atoms with Crippen LogP contribution in [0.15, 0.2) is 24.3 Å². The van der Waals surface area contributed by atoms with E-state index < -0.39 is 0 Å². The summed E-state index contributed by atoms with van der Waals surface area (Å²) in [7, 11) is 0. The zero-order valence-electron chi connectivity index (χ0n) is 13.2. The molecule has 0 amide bonds. The van der Waals surface area contributed by atoms with Crippen LogP contribution in [0.2, 0.25) is 0 Å². The van der Waals surface area contributed by atoms with E-state index in [9.17, 15) is 0 Å². The summed E-state index contributed by atoms with van der Waals surface area (Å²) in [5.74, 6) is 2.53. The van der Waals surface area contributed by atoms with Gasteiger partial charge in [-0.2, -0.15) is 0 Å². The SMILES string of the molecule is CCCOc1ccccc1-c1nc(C)nc(NCC)c1C. The van der Waals surface area contributed by atoms with Crippen LogP contribution in [-0.2, 0) is 0 Å². The molecule has 0 saturated heterocycles. The maximum Gasteiger partial charge on any atom is 0.133 e. The first-order valence-corrected chi connectivity index (χ1v) is 7.48. The number of hydrogen-bond acceptors (Lipinski definition) is 4. The molecule has 1 aromatic carbocycles. The van der Waals surface area contributed by atoms with Gasteiger partial charge in [0.05, 0.1) is 12.3 Å². The topological polar surface area (TPSA) is 47.0 Å². The average molecular weight is 285 g/mol. The van der Waals surface area contributed by atoms with Gasteiger partial charge in [-0.3, -0.25) is 0 Å². The average Bonchev–Trinajstić information content (AvgIpc) is 2.49. The standard InChI is InChI=1S/C17H23N3O/c1-5-11-21-15-10-8-7-9-14(15)16-12(3)17(18-6-2)20-13(4)19-16/h7-10H,5-6,11H2,1-4H3,(H,18,19,20). The highest BCUT2D eigenvalue weighted by molar-refractivity contribution is 5.73. The molecule has 4 heteroatoms. The van der Waals surface area contributed by atoms with Gasteiger partial charge in [0.25, 0.3) is 0 Å². The van der Waals surface area contributed by atoms with Gasteiger partial charge in [-0.15, -0.1) is 0 Å².